The van der Waals surface area contributed by atoms with Crippen LogP contribution in [-0.4, -0.2) is 48.4 Å². The van der Waals surface area contributed by atoms with Gasteiger partial charge in [0.2, 0.25) is 5.91 Å². The van der Waals surface area contributed by atoms with Gasteiger partial charge in [0.15, 0.2) is 0 Å². The molecular formula is C21H25BrFN3O. The molecule has 1 aliphatic heterocycles. The first-order valence-electron chi connectivity index (χ1n) is 9.31. The smallest absolute Gasteiger partial charge is 0.238 e. The first kappa shape index (κ1) is 20.0. The van der Waals surface area contributed by atoms with Crippen LogP contribution in [0.25, 0.3) is 0 Å². The van der Waals surface area contributed by atoms with Crippen LogP contribution in [-0.2, 0) is 17.8 Å². The average Bonchev–Trinajstić information content (AvgIpc) is 2.66. The fraction of sp³-hybridized carbons (Fsp3) is 0.381. The molecule has 1 saturated heterocycles. The summed E-state index contributed by atoms with van der Waals surface area (Å²) >= 11 is 3.43. The number of amides is 1. The summed E-state index contributed by atoms with van der Waals surface area (Å²) in [5.41, 5.74) is 3.14. The molecule has 1 heterocycles. The predicted octanol–water partition coefficient (Wildman–Crippen LogP) is 3.91. The fourth-order valence-electron chi connectivity index (χ4n) is 3.34. The quantitative estimate of drug-likeness (QED) is 0.749. The highest BCUT2D eigenvalue weighted by Crippen LogP contribution is 2.20. The van der Waals surface area contributed by atoms with Crippen molar-refractivity contribution in [1.29, 1.82) is 0 Å². The number of benzene rings is 2. The predicted molar refractivity (Wildman–Crippen MR) is 110 cm³/mol. The lowest BCUT2D eigenvalue weighted by Gasteiger charge is -2.34. The minimum atomic E-state index is -0.230. The Morgan fingerprint density at radius 1 is 1.07 bits per heavy atom. The van der Waals surface area contributed by atoms with E-state index in [2.05, 4.69) is 38.0 Å². The van der Waals surface area contributed by atoms with Crippen molar-refractivity contribution in [3.8, 4) is 0 Å². The molecular weight excluding hydrogens is 409 g/mol. The summed E-state index contributed by atoms with van der Waals surface area (Å²) in [7, 11) is 0. The standard InChI is InChI=1S/C21H25BrFN3O/c1-2-16-5-3-4-6-20(16)24-21(27)15-26-11-9-25(10-12-26)14-17-7-8-18(23)13-19(17)22/h3-8,13H,2,9-12,14-15H2,1H3,(H,24,27). The number of piperazine rings is 1. The highest BCUT2D eigenvalue weighted by atomic mass is 79.9. The number of halogens is 2. The number of anilines is 1. The molecule has 0 bridgehead atoms. The summed E-state index contributed by atoms with van der Waals surface area (Å²) in [6.07, 6.45) is 0.897. The number of rotatable bonds is 6. The molecule has 1 fully saturated rings. The largest absolute Gasteiger partial charge is 0.325 e. The summed E-state index contributed by atoms with van der Waals surface area (Å²) in [5.74, 6) is -0.197. The molecule has 0 atom stereocenters. The molecule has 3 rings (SSSR count). The maximum atomic E-state index is 13.2. The number of nitrogens with one attached hydrogen (secondary N) is 1. The van der Waals surface area contributed by atoms with Gasteiger partial charge >= 0.3 is 0 Å². The minimum absolute atomic E-state index is 0.0330. The number of para-hydroxylation sites is 1. The van der Waals surface area contributed by atoms with Gasteiger partial charge < -0.3 is 5.32 Å². The van der Waals surface area contributed by atoms with E-state index in [4.69, 9.17) is 0 Å². The van der Waals surface area contributed by atoms with Gasteiger partial charge in [-0.3, -0.25) is 14.6 Å². The second-order valence-electron chi connectivity index (χ2n) is 6.85. The molecule has 1 amide bonds. The maximum absolute atomic E-state index is 13.2. The molecule has 2 aromatic rings. The normalized spacial score (nSPS) is 15.7. The van der Waals surface area contributed by atoms with Crippen molar-refractivity contribution in [3.05, 3.63) is 63.9 Å². The fourth-order valence-corrected chi connectivity index (χ4v) is 3.82. The molecule has 0 unspecified atom stereocenters. The third-order valence-corrected chi connectivity index (χ3v) is 5.65. The third-order valence-electron chi connectivity index (χ3n) is 4.91. The SMILES string of the molecule is CCc1ccccc1NC(=O)CN1CCN(Cc2ccc(F)cc2Br)CC1. The summed E-state index contributed by atoms with van der Waals surface area (Å²) in [6, 6.07) is 12.8. The second kappa shape index (κ2) is 9.44. The molecule has 2 aromatic carbocycles. The monoisotopic (exact) mass is 433 g/mol. The molecule has 144 valence electrons. The molecule has 0 aromatic heterocycles. The molecule has 27 heavy (non-hydrogen) atoms. The van der Waals surface area contributed by atoms with E-state index in [1.807, 2.05) is 30.3 Å². The number of hydrogen-bond donors (Lipinski definition) is 1. The van der Waals surface area contributed by atoms with Gasteiger partial charge in [0.25, 0.3) is 0 Å². The van der Waals surface area contributed by atoms with Crippen LogP contribution in [0.5, 0.6) is 0 Å². The van der Waals surface area contributed by atoms with E-state index in [1.165, 1.54) is 12.1 Å². The molecule has 0 spiro atoms. The Hall–Kier alpha value is -1.76. The van der Waals surface area contributed by atoms with Gasteiger partial charge in [0, 0.05) is 42.9 Å². The molecule has 4 nitrogen and oxygen atoms in total. The van der Waals surface area contributed by atoms with Gasteiger partial charge in [-0.25, -0.2) is 4.39 Å². The zero-order valence-electron chi connectivity index (χ0n) is 15.5. The number of aryl methyl sites for hydroxylation is 1. The lowest BCUT2D eigenvalue weighted by molar-refractivity contribution is -0.117. The topological polar surface area (TPSA) is 35.6 Å². The Balaban J connectivity index is 1.47. The van der Waals surface area contributed by atoms with Crippen LogP contribution in [0.3, 0.4) is 0 Å². The van der Waals surface area contributed by atoms with Crippen molar-refractivity contribution in [2.45, 2.75) is 19.9 Å². The van der Waals surface area contributed by atoms with Crippen molar-refractivity contribution in [2.24, 2.45) is 0 Å². The van der Waals surface area contributed by atoms with Crippen LogP contribution in [0.4, 0.5) is 10.1 Å². The number of nitrogens with zero attached hydrogens (tertiary/aromatic N) is 2. The summed E-state index contributed by atoms with van der Waals surface area (Å²) in [6.45, 7) is 6.76. The van der Waals surface area contributed by atoms with Crippen LogP contribution in [0.15, 0.2) is 46.9 Å². The molecule has 1 aliphatic rings. The van der Waals surface area contributed by atoms with Crippen molar-refractivity contribution in [3.63, 3.8) is 0 Å². The molecule has 0 radical (unpaired) electrons. The van der Waals surface area contributed by atoms with Gasteiger partial charge in [-0.2, -0.15) is 0 Å². The van der Waals surface area contributed by atoms with Crippen LogP contribution < -0.4 is 5.32 Å². The Bertz CT molecular complexity index is 791. The lowest BCUT2D eigenvalue weighted by Crippen LogP contribution is -2.48. The molecule has 0 saturated carbocycles. The molecule has 1 N–H and O–H groups in total. The summed E-state index contributed by atoms with van der Waals surface area (Å²) in [4.78, 5) is 16.9. The Morgan fingerprint density at radius 3 is 2.48 bits per heavy atom. The van der Waals surface area contributed by atoms with Crippen molar-refractivity contribution < 1.29 is 9.18 Å². The molecule has 6 heteroatoms. The van der Waals surface area contributed by atoms with E-state index in [-0.39, 0.29) is 11.7 Å². The van der Waals surface area contributed by atoms with E-state index in [1.54, 1.807) is 0 Å². The van der Waals surface area contributed by atoms with E-state index in [0.29, 0.717) is 6.54 Å². The second-order valence-corrected chi connectivity index (χ2v) is 7.70. The number of carbonyl (C=O) groups excluding carboxylic acids is 1. The Kier molecular flexibility index (Phi) is 6.99. The lowest BCUT2D eigenvalue weighted by atomic mass is 10.1. The van der Waals surface area contributed by atoms with E-state index >= 15 is 0 Å². The zero-order chi connectivity index (χ0) is 19.2. The van der Waals surface area contributed by atoms with E-state index < -0.39 is 0 Å². The van der Waals surface area contributed by atoms with E-state index in [9.17, 15) is 9.18 Å². The highest BCUT2D eigenvalue weighted by Gasteiger charge is 2.20. The van der Waals surface area contributed by atoms with Gasteiger partial charge in [0.05, 0.1) is 6.54 Å². The maximum Gasteiger partial charge on any atom is 0.238 e. The third kappa shape index (κ3) is 5.61. The van der Waals surface area contributed by atoms with E-state index in [0.717, 1.165) is 60.4 Å². The molecule has 0 aliphatic carbocycles. The van der Waals surface area contributed by atoms with Crippen LogP contribution in [0.1, 0.15) is 18.1 Å². The summed E-state index contributed by atoms with van der Waals surface area (Å²) < 4.78 is 14.0. The Morgan fingerprint density at radius 2 is 1.78 bits per heavy atom. The van der Waals surface area contributed by atoms with Gasteiger partial charge in [-0.05, 0) is 35.7 Å². The van der Waals surface area contributed by atoms with Gasteiger partial charge in [0.1, 0.15) is 5.82 Å². The van der Waals surface area contributed by atoms with Crippen LogP contribution in [0.2, 0.25) is 0 Å². The first-order chi connectivity index (χ1) is 13.0. The van der Waals surface area contributed by atoms with Crippen molar-refractivity contribution >= 4 is 27.5 Å². The Labute approximate surface area is 168 Å². The number of carbonyl (C=O) groups is 1. The average molecular weight is 434 g/mol. The minimum Gasteiger partial charge on any atom is -0.325 e. The van der Waals surface area contributed by atoms with Crippen molar-refractivity contribution in [2.75, 3.05) is 38.0 Å². The zero-order valence-corrected chi connectivity index (χ0v) is 17.1. The first-order valence-corrected chi connectivity index (χ1v) is 10.1. The highest BCUT2D eigenvalue weighted by molar-refractivity contribution is 9.10. The van der Waals surface area contributed by atoms with Gasteiger partial charge in [-0.15, -0.1) is 0 Å². The van der Waals surface area contributed by atoms with Crippen LogP contribution in [0, 0.1) is 5.82 Å². The number of hydrogen-bond acceptors (Lipinski definition) is 3. The van der Waals surface area contributed by atoms with Crippen molar-refractivity contribution in [1.82, 2.24) is 9.80 Å². The van der Waals surface area contributed by atoms with Gasteiger partial charge in [-0.1, -0.05) is 47.1 Å². The van der Waals surface area contributed by atoms with Crippen LogP contribution >= 0.6 is 15.9 Å². The summed E-state index contributed by atoms with van der Waals surface area (Å²) in [5, 5.41) is 3.04.